The topological polar surface area (TPSA) is 91.8 Å². The van der Waals surface area contributed by atoms with Crippen molar-refractivity contribution in [1.29, 1.82) is 0 Å². The van der Waals surface area contributed by atoms with Crippen LogP contribution in [0, 0.1) is 5.82 Å². The summed E-state index contributed by atoms with van der Waals surface area (Å²) in [6, 6.07) is 6.98. The second kappa shape index (κ2) is 10.1. The van der Waals surface area contributed by atoms with E-state index in [0.29, 0.717) is 11.1 Å². The van der Waals surface area contributed by atoms with Crippen LogP contribution in [0.15, 0.2) is 36.5 Å². The van der Waals surface area contributed by atoms with E-state index in [1.54, 1.807) is 6.07 Å². The number of amides is 1. The van der Waals surface area contributed by atoms with Crippen molar-refractivity contribution < 1.29 is 23.9 Å². The van der Waals surface area contributed by atoms with Gasteiger partial charge in [-0.1, -0.05) is 19.1 Å². The number of benzene rings is 1. The highest BCUT2D eigenvalue weighted by Crippen LogP contribution is 2.25. The molecule has 0 fully saturated rings. The lowest BCUT2D eigenvalue weighted by Crippen LogP contribution is -2.26. The average Bonchev–Trinajstić information content (AvgIpc) is 2.60. The molecule has 0 bridgehead atoms. The number of hydroxylamine groups is 1. The van der Waals surface area contributed by atoms with Crippen LogP contribution in [-0.2, 0) is 9.63 Å². The summed E-state index contributed by atoms with van der Waals surface area (Å²) in [5, 5.41) is 9.80. The fourth-order valence-corrected chi connectivity index (χ4v) is 1.62. The highest BCUT2D eigenvalue weighted by Gasteiger charge is 2.15. The number of rotatable bonds is 3. The molecule has 0 aliphatic rings. The van der Waals surface area contributed by atoms with Gasteiger partial charge in [-0.15, -0.1) is 0 Å². The minimum Gasteiger partial charge on any atom is -0.505 e. The van der Waals surface area contributed by atoms with Gasteiger partial charge < -0.3 is 14.8 Å². The fraction of sp³-hybridized carbons (Fsp3) is 0.278. The van der Waals surface area contributed by atoms with E-state index >= 15 is 0 Å². The zero-order chi connectivity index (χ0) is 19.7. The van der Waals surface area contributed by atoms with Crippen LogP contribution in [-0.4, -0.2) is 47.5 Å². The molecule has 2 N–H and O–H groups in total. The standard InChI is InChI=1S/C14H11FN2O4.C4H11N/c1-8(18)21-17-14(20)13-12(19)6-10(7-16-13)9-3-2-4-11(15)5-9;1-4-5(2)3/h2-7,19H,1H3,(H,17,20);4H2,1-3H3. The molecular formula is C18H22FN3O4. The van der Waals surface area contributed by atoms with Crippen LogP contribution in [0.4, 0.5) is 4.39 Å². The largest absolute Gasteiger partial charge is 0.505 e. The van der Waals surface area contributed by atoms with E-state index in [1.807, 2.05) is 5.48 Å². The van der Waals surface area contributed by atoms with Gasteiger partial charge in [-0.3, -0.25) is 9.59 Å². The summed E-state index contributed by atoms with van der Waals surface area (Å²) in [5.74, 6) is -2.42. The number of nitrogens with one attached hydrogen (secondary N) is 1. The maximum Gasteiger partial charge on any atom is 0.329 e. The Kier molecular flexibility index (Phi) is 8.17. The van der Waals surface area contributed by atoms with Crippen LogP contribution < -0.4 is 5.48 Å². The van der Waals surface area contributed by atoms with Crippen molar-refractivity contribution in [1.82, 2.24) is 15.4 Å². The Hall–Kier alpha value is -3.00. The third-order valence-corrected chi connectivity index (χ3v) is 3.16. The van der Waals surface area contributed by atoms with Crippen LogP contribution >= 0.6 is 0 Å². The third kappa shape index (κ3) is 6.86. The summed E-state index contributed by atoms with van der Waals surface area (Å²) in [6.45, 7) is 4.38. The monoisotopic (exact) mass is 363 g/mol. The van der Waals surface area contributed by atoms with E-state index in [0.717, 1.165) is 13.5 Å². The van der Waals surface area contributed by atoms with Crippen molar-refractivity contribution in [3.63, 3.8) is 0 Å². The first-order chi connectivity index (χ1) is 12.2. The number of carbonyl (C=O) groups is 2. The van der Waals surface area contributed by atoms with Crippen molar-refractivity contribution in [2.45, 2.75) is 13.8 Å². The first-order valence-corrected chi connectivity index (χ1v) is 7.82. The second-order valence-electron chi connectivity index (χ2n) is 5.52. The second-order valence-corrected chi connectivity index (χ2v) is 5.52. The van der Waals surface area contributed by atoms with Crippen molar-refractivity contribution in [3.05, 3.63) is 48.0 Å². The molecule has 140 valence electrons. The number of carbonyl (C=O) groups excluding carboxylic acids is 2. The Morgan fingerprint density at radius 1 is 1.27 bits per heavy atom. The predicted octanol–water partition coefficient (Wildman–Crippen LogP) is 2.37. The number of hydrogen-bond acceptors (Lipinski definition) is 6. The van der Waals surface area contributed by atoms with Gasteiger partial charge in [0.25, 0.3) is 0 Å². The van der Waals surface area contributed by atoms with Gasteiger partial charge in [0.2, 0.25) is 0 Å². The third-order valence-electron chi connectivity index (χ3n) is 3.16. The van der Waals surface area contributed by atoms with Gasteiger partial charge >= 0.3 is 11.9 Å². The summed E-state index contributed by atoms with van der Waals surface area (Å²) in [5.41, 5.74) is 2.47. The molecule has 0 saturated heterocycles. The van der Waals surface area contributed by atoms with E-state index in [1.165, 1.54) is 30.5 Å². The van der Waals surface area contributed by atoms with Crippen LogP contribution in [0.1, 0.15) is 24.3 Å². The molecule has 0 aliphatic heterocycles. The number of hydrogen-bond donors (Lipinski definition) is 2. The zero-order valence-electron chi connectivity index (χ0n) is 15.1. The number of pyridine rings is 1. The molecule has 1 aromatic heterocycles. The van der Waals surface area contributed by atoms with Gasteiger partial charge in [0.05, 0.1) is 0 Å². The maximum absolute atomic E-state index is 13.1. The van der Waals surface area contributed by atoms with Crippen LogP contribution in [0.5, 0.6) is 5.75 Å². The number of nitrogens with zero attached hydrogens (tertiary/aromatic N) is 2. The molecule has 1 aromatic carbocycles. The summed E-state index contributed by atoms with van der Waals surface area (Å²) in [4.78, 5) is 32.4. The van der Waals surface area contributed by atoms with Crippen molar-refractivity contribution in [3.8, 4) is 16.9 Å². The Morgan fingerprint density at radius 2 is 1.92 bits per heavy atom. The van der Waals surface area contributed by atoms with Gasteiger partial charge in [0, 0.05) is 18.7 Å². The molecule has 0 saturated carbocycles. The summed E-state index contributed by atoms with van der Waals surface area (Å²) in [7, 11) is 4.11. The highest BCUT2D eigenvalue weighted by atomic mass is 19.1. The molecular weight excluding hydrogens is 341 g/mol. The van der Waals surface area contributed by atoms with E-state index in [2.05, 4.69) is 35.7 Å². The molecule has 1 heterocycles. The van der Waals surface area contributed by atoms with Crippen molar-refractivity contribution in [2.24, 2.45) is 0 Å². The lowest BCUT2D eigenvalue weighted by atomic mass is 10.1. The molecule has 0 unspecified atom stereocenters. The fourth-order valence-electron chi connectivity index (χ4n) is 1.62. The molecule has 0 radical (unpaired) electrons. The van der Waals surface area contributed by atoms with E-state index in [4.69, 9.17) is 0 Å². The van der Waals surface area contributed by atoms with Crippen molar-refractivity contribution in [2.75, 3.05) is 20.6 Å². The molecule has 26 heavy (non-hydrogen) atoms. The zero-order valence-corrected chi connectivity index (χ0v) is 15.1. The van der Waals surface area contributed by atoms with E-state index in [9.17, 15) is 19.1 Å². The van der Waals surface area contributed by atoms with Gasteiger partial charge in [-0.25, -0.2) is 9.37 Å². The Balaban J connectivity index is 0.000000597. The van der Waals surface area contributed by atoms with Crippen LogP contribution in [0.25, 0.3) is 11.1 Å². The summed E-state index contributed by atoms with van der Waals surface area (Å²) >= 11 is 0. The molecule has 0 spiro atoms. The SMILES string of the molecule is CC(=O)ONC(=O)c1ncc(-c2cccc(F)c2)cc1O.CCN(C)C. The van der Waals surface area contributed by atoms with Crippen molar-refractivity contribution >= 4 is 11.9 Å². The van der Waals surface area contributed by atoms with E-state index in [-0.39, 0.29) is 5.69 Å². The summed E-state index contributed by atoms with van der Waals surface area (Å²) in [6.07, 6.45) is 1.30. The smallest absolute Gasteiger partial charge is 0.329 e. The van der Waals surface area contributed by atoms with Crippen LogP contribution in [0.2, 0.25) is 0 Å². The minimum absolute atomic E-state index is 0.309. The highest BCUT2D eigenvalue weighted by molar-refractivity contribution is 5.95. The Labute approximate surface area is 151 Å². The lowest BCUT2D eigenvalue weighted by molar-refractivity contribution is -0.146. The molecule has 0 aliphatic carbocycles. The number of aromatic hydroxyl groups is 1. The Morgan fingerprint density at radius 3 is 2.42 bits per heavy atom. The number of aromatic nitrogens is 1. The normalized spacial score (nSPS) is 9.92. The molecule has 2 aromatic rings. The molecule has 8 heteroatoms. The predicted molar refractivity (Wildman–Crippen MR) is 94.8 cm³/mol. The first kappa shape index (κ1) is 21.0. The first-order valence-electron chi connectivity index (χ1n) is 7.82. The quantitative estimate of drug-likeness (QED) is 0.814. The van der Waals surface area contributed by atoms with Gasteiger partial charge in [0.1, 0.15) is 11.6 Å². The van der Waals surface area contributed by atoms with E-state index < -0.39 is 23.4 Å². The van der Waals surface area contributed by atoms with Gasteiger partial charge in [-0.05, 0) is 44.4 Å². The molecule has 1 amide bonds. The summed E-state index contributed by atoms with van der Waals surface area (Å²) < 4.78 is 13.1. The average molecular weight is 363 g/mol. The molecule has 0 atom stereocenters. The minimum atomic E-state index is -0.867. The molecule has 2 rings (SSSR count). The number of halogens is 1. The van der Waals surface area contributed by atoms with Crippen LogP contribution in [0.3, 0.4) is 0 Å². The van der Waals surface area contributed by atoms with Gasteiger partial charge in [0.15, 0.2) is 5.69 Å². The Bertz CT molecular complexity index is 766. The van der Waals surface area contributed by atoms with Gasteiger partial charge in [-0.2, -0.15) is 5.48 Å². The lowest BCUT2D eigenvalue weighted by Gasteiger charge is -2.07. The molecule has 7 nitrogen and oxygen atoms in total. The maximum atomic E-state index is 13.1.